The summed E-state index contributed by atoms with van der Waals surface area (Å²) in [6.07, 6.45) is 48.4. The fourth-order valence-corrected chi connectivity index (χ4v) is 6.83. The van der Waals surface area contributed by atoms with Crippen LogP contribution in [0.2, 0.25) is 0 Å². The zero-order valence-corrected chi connectivity index (χ0v) is 49.6. The molecule has 432 valence electrons. The topological polar surface area (TPSA) is 158 Å². The van der Waals surface area contributed by atoms with E-state index in [9.17, 15) is 28.8 Å². The predicted octanol–water partition coefficient (Wildman–Crippen LogP) is 17.5. The maximum absolute atomic E-state index is 10.6. The number of carbonyl (C=O) groups is 6. The lowest BCUT2D eigenvalue weighted by atomic mass is 10.1. The van der Waals surface area contributed by atoms with Crippen molar-refractivity contribution in [2.24, 2.45) is 0 Å². The molecule has 0 radical (unpaired) electrons. The van der Waals surface area contributed by atoms with E-state index in [0.29, 0.717) is 19.8 Å². The molecule has 0 bridgehead atoms. The predicted molar refractivity (Wildman–Crippen MR) is 300 cm³/mol. The van der Waals surface area contributed by atoms with Crippen LogP contribution in [-0.4, -0.2) is 77.0 Å². The lowest BCUT2D eigenvalue weighted by Gasteiger charge is -2.01. The SMILES string of the molecule is CCCCCCCCCCCC.CCCCCCCCCCCCC.CCCCCCCCCCCCCC.CCOC(=O)CCC(=O)OC.CCOC(=O)CCC(=O)OC.CCOC(=O)CCC(=O)OC. The molecule has 0 rings (SSSR count). The van der Waals surface area contributed by atoms with Crippen molar-refractivity contribution in [3.63, 3.8) is 0 Å². The van der Waals surface area contributed by atoms with Crippen LogP contribution in [0.1, 0.15) is 313 Å². The molecule has 0 aliphatic carbocycles. The highest BCUT2D eigenvalue weighted by Gasteiger charge is 2.08. The molecule has 72 heavy (non-hydrogen) atoms. The molecule has 0 unspecified atom stereocenters. The summed E-state index contributed by atoms with van der Waals surface area (Å²) in [4.78, 5) is 63.4. The molecular formula is C60H120O12. The van der Waals surface area contributed by atoms with E-state index < -0.39 is 17.9 Å². The van der Waals surface area contributed by atoms with Gasteiger partial charge in [0.25, 0.3) is 0 Å². The van der Waals surface area contributed by atoms with Gasteiger partial charge in [-0.15, -0.1) is 0 Å². The Bertz CT molecular complexity index is 984. The zero-order valence-electron chi connectivity index (χ0n) is 49.6. The maximum Gasteiger partial charge on any atom is 0.306 e. The molecule has 0 heterocycles. The van der Waals surface area contributed by atoms with Crippen LogP contribution in [-0.2, 0) is 57.2 Å². The van der Waals surface area contributed by atoms with Crippen molar-refractivity contribution in [3.8, 4) is 0 Å². The second kappa shape index (κ2) is 76.7. The first kappa shape index (κ1) is 80.2. The van der Waals surface area contributed by atoms with E-state index in [1.165, 1.54) is 233 Å². The van der Waals surface area contributed by atoms with Gasteiger partial charge in [-0.2, -0.15) is 0 Å². The van der Waals surface area contributed by atoms with Crippen molar-refractivity contribution in [3.05, 3.63) is 0 Å². The van der Waals surface area contributed by atoms with E-state index >= 15 is 0 Å². The summed E-state index contributed by atoms with van der Waals surface area (Å²) in [6, 6.07) is 0. The second-order valence-corrected chi connectivity index (χ2v) is 18.2. The van der Waals surface area contributed by atoms with Crippen molar-refractivity contribution in [1.82, 2.24) is 0 Å². The molecule has 12 heteroatoms. The van der Waals surface area contributed by atoms with Gasteiger partial charge in [0.2, 0.25) is 0 Å². The second-order valence-electron chi connectivity index (χ2n) is 18.2. The van der Waals surface area contributed by atoms with E-state index in [4.69, 9.17) is 0 Å². The van der Waals surface area contributed by atoms with E-state index in [-0.39, 0.29) is 56.4 Å². The Morgan fingerprint density at radius 3 is 0.444 bits per heavy atom. The van der Waals surface area contributed by atoms with Gasteiger partial charge in [-0.25, -0.2) is 0 Å². The van der Waals surface area contributed by atoms with Crippen LogP contribution in [0.3, 0.4) is 0 Å². The number of esters is 6. The summed E-state index contributed by atoms with van der Waals surface area (Å²) < 4.78 is 26.8. The summed E-state index contributed by atoms with van der Waals surface area (Å²) in [5, 5.41) is 0. The summed E-state index contributed by atoms with van der Waals surface area (Å²) in [6.45, 7) is 19.9. The third kappa shape index (κ3) is 89.7. The first-order valence-electron chi connectivity index (χ1n) is 29.5. The monoisotopic (exact) mass is 1030 g/mol. The van der Waals surface area contributed by atoms with Gasteiger partial charge in [-0.1, -0.05) is 253 Å². The number of rotatable bonds is 42. The fourth-order valence-electron chi connectivity index (χ4n) is 6.83. The van der Waals surface area contributed by atoms with E-state index in [1.807, 2.05) is 0 Å². The molecule has 0 saturated carbocycles. The molecular weight excluding hydrogens is 913 g/mol. The number of hydrogen-bond donors (Lipinski definition) is 0. The molecule has 0 fully saturated rings. The van der Waals surface area contributed by atoms with Crippen LogP contribution in [0.5, 0.6) is 0 Å². The highest BCUT2D eigenvalue weighted by Crippen LogP contribution is 2.13. The standard InChI is InChI=1S/C14H30.C13H28.C12H26.3C7H12O4/c1-3-5-7-9-11-13-14-12-10-8-6-4-2;1-3-5-7-9-11-13-12-10-8-6-4-2;1-3-5-7-9-11-12-10-8-6-4-2;3*1-3-11-7(9)5-4-6(8)10-2/h3-14H2,1-2H3;3-13H2,1-2H3;3-12H2,1-2H3;3*3-5H2,1-2H3. The molecule has 0 N–H and O–H groups in total. The Kier molecular flexibility index (Phi) is 85.5. The van der Waals surface area contributed by atoms with E-state index in [1.54, 1.807) is 20.8 Å². The number of ether oxygens (including phenoxy) is 6. The lowest BCUT2D eigenvalue weighted by Crippen LogP contribution is -2.08. The van der Waals surface area contributed by atoms with E-state index in [2.05, 4.69) is 70.0 Å². The van der Waals surface area contributed by atoms with Gasteiger partial charge in [0.15, 0.2) is 0 Å². The minimum atomic E-state index is -0.391. The van der Waals surface area contributed by atoms with Crippen molar-refractivity contribution in [1.29, 1.82) is 0 Å². The molecule has 0 amide bonds. The average molecular weight is 1030 g/mol. The maximum atomic E-state index is 10.6. The normalized spacial score (nSPS) is 9.83. The Morgan fingerprint density at radius 2 is 0.333 bits per heavy atom. The Morgan fingerprint density at radius 1 is 0.208 bits per heavy atom. The molecule has 0 aliphatic rings. The quantitative estimate of drug-likeness (QED) is 0.0324. The van der Waals surface area contributed by atoms with Gasteiger partial charge in [0, 0.05) is 0 Å². The summed E-state index contributed by atoms with van der Waals surface area (Å²) in [7, 11) is 3.86. The van der Waals surface area contributed by atoms with Crippen LogP contribution in [0.15, 0.2) is 0 Å². The highest BCUT2D eigenvalue weighted by molar-refractivity contribution is 5.78. The minimum absolute atomic E-state index is 0.0926. The Labute approximate surface area is 445 Å². The summed E-state index contributed by atoms with van der Waals surface area (Å²) in [5.74, 6) is -2.26. The van der Waals surface area contributed by atoms with Gasteiger partial charge in [-0.3, -0.25) is 28.8 Å². The highest BCUT2D eigenvalue weighted by atomic mass is 16.5. The minimum Gasteiger partial charge on any atom is -0.469 e. The van der Waals surface area contributed by atoms with Crippen LogP contribution in [0.25, 0.3) is 0 Å². The largest absolute Gasteiger partial charge is 0.469 e. The number of hydrogen-bond acceptors (Lipinski definition) is 12. The average Bonchev–Trinajstić information content (AvgIpc) is 3.38. The van der Waals surface area contributed by atoms with Crippen LogP contribution >= 0.6 is 0 Å². The molecule has 0 aromatic carbocycles. The zero-order chi connectivity index (χ0) is 55.4. The first-order chi connectivity index (χ1) is 34.8. The number of carbonyl (C=O) groups excluding carboxylic acids is 6. The molecule has 0 aliphatic heterocycles. The molecule has 0 spiro atoms. The van der Waals surface area contributed by atoms with Gasteiger partial charge in [0.1, 0.15) is 0 Å². The van der Waals surface area contributed by atoms with Crippen LogP contribution in [0.4, 0.5) is 0 Å². The molecule has 0 aromatic rings. The van der Waals surface area contributed by atoms with Crippen molar-refractivity contribution in [2.45, 2.75) is 313 Å². The summed E-state index contributed by atoms with van der Waals surface area (Å²) >= 11 is 0. The van der Waals surface area contributed by atoms with Crippen molar-refractivity contribution in [2.75, 3.05) is 41.2 Å². The van der Waals surface area contributed by atoms with Gasteiger partial charge < -0.3 is 28.4 Å². The number of unbranched alkanes of at least 4 members (excludes halogenated alkanes) is 30. The smallest absolute Gasteiger partial charge is 0.306 e. The molecule has 0 atom stereocenters. The first-order valence-corrected chi connectivity index (χ1v) is 29.5. The molecule has 0 saturated heterocycles. The lowest BCUT2D eigenvalue weighted by molar-refractivity contribution is -0.148. The van der Waals surface area contributed by atoms with Crippen LogP contribution in [0, 0.1) is 0 Å². The van der Waals surface area contributed by atoms with Crippen molar-refractivity contribution < 1.29 is 57.2 Å². The van der Waals surface area contributed by atoms with E-state index in [0.717, 1.165) is 0 Å². The van der Waals surface area contributed by atoms with Gasteiger partial charge in [-0.05, 0) is 20.8 Å². The number of methoxy groups -OCH3 is 3. The molecule has 12 nitrogen and oxygen atoms in total. The molecule has 0 aromatic heterocycles. The Balaban J connectivity index is -0.000000182. The fraction of sp³-hybridized carbons (Fsp3) is 0.900. The summed E-state index contributed by atoms with van der Waals surface area (Å²) in [5.41, 5.74) is 0. The Hall–Kier alpha value is -3.18. The van der Waals surface area contributed by atoms with Gasteiger partial charge in [0.05, 0.1) is 79.7 Å². The third-order valence-corrected chi connectivity index (χ3v) is 11.3. The third-order valence-electron chi connectivity index (χ3n) is 11.3. The van der Waals surface area contributed by atoms with Gasteiger partial charge >= 0.3 is 35.8 Å². The van der Waals surface area contributed by atoms with Crippen LogP contribution < -0.4 is 0 Å². The van der Waals surface area contributed by atoms with Crippen molar-refractivity contribution >= 4 is 35.8 Å².